The highest BCUT2D eigenvalue weighted by Gasteiger charge is 2.47. The molecule has 2 amide bonds. The molecular weight excluding hydrogens is 320 g/mol. The summed E-state index contributed by atoms with van der Waals surface area (Å²) < 4.78 is 7.27. The summed E-state index contributed by atoms with van der Waals surface area (Å²) in [6.07, 6.45) is 3.42. The molecule has 8 heteroatoms. The van der Waals surface area contributed by atoms with Gasteiger partial charge in [0.05, 0.1) is 11.9 Å². The van der Waals surface area contributed by atoms with Crippen LogP contribution < -0.4 is 15.4 Å². The minimum Gasteiger partial charge on any atom is -0.466 e. The Morgan fingerprint density at radius 1 is 1.52 bits per heavy atom. The number of fused-ring (bicyclic) bond motifs is 1. The topological polar surface area (TPSA) is 85.3 Å². The van der Waals surface area contributed by atoms with Gasteiger partial charge in [0.25, 0.3) is 17.4 Å². The van der Waals surface area contributed by atoms with Crippen molar-refractivity contribution >= 4 is 29.1 Å². The van der Waals surface area contributed by atoms with Gasteiger partial charge in [-0.15, -0.1) is 0 Å². The molecule has 0 spiro atoms. The van der Waals surface area contributed by atoms with Crippen molar-refractivity contribution in [3.63, 3.8) is 0 Å². The number of anilines is 1. The van der Waals surface area contributed by atoms with Crippen LogP contribution in [0.2, 0.25) is 5.02 Å². The smallest absolute Gasteiger partial charge is 0.278 e. The maximum atomic E-state index is 12.4. The lowest BCUT2D eigenvalue weighted by Crippen LogP contribution is -2.58. The number of rotatable bonds is 3. The van der Waals surface area contributed by atoms with Gasteiger partial charge in [-0.25, -0.2) is 0 Å². The van der Waals surface area contributed by atoms with E-state index in [-0.39, 0.29) is 6.54 Å². The number of nitrogens with zero attached hydrogens (tertiary/aromatic N) is 2. The summed E-state index contributed by atoms with van der Waals surface area (Å²) in [7, 11) is 1.78. The molecule has 0 bridgehead atoms. The van der Waals surface area contributed by atoms with Crippen molar-refractivity contribution in [2.75, 3.05) is 5.32 Å². The quantitative estimate of drug-likeness (QED) is 0.833. The summed E-state index contributed by atoms with van der Waals surface area (Å²) in [6, 6.07) is 4.82. The number of nitrogens with one attached hydrogen (secondary N) is 2. The van der Waals surface area contributed by atoms with Crippen molar-refractivity contribution in [3.05, 3.63) is 41.2 Å². The van der Waals surface area contributed by atoms with E-state index in [9.17, 15) is 9.59 Å². The van der Waals surface area contributed by atoms with Gasteiger partial charge in [0.2, 0.25) is 0 Å². The molecule has 1 aromatic carbocycles. The Hall–Kier alpha value is -2.54. The summed E-state index contributed by atoms with van der Waals surface area (Å²) in [6.45, 7) is 1.69. The number of hydrogen-bond acceptors (Lipinski definition) is 4. The minimum absolute atomic E-state index is 0.256. The molecule has 120 valence electrons. The van der Waals surface area contributed by atoms with Gasteiger partial charge in [-0.2, -0.15) is 5.10 Å². The van der Waals surface area contributed by atoms with Crippen LogP contribution in [0.1, 0.15) is 12.5 Å². The van der Waals surface area contributed by atoms with Gasteiger partial charge in [-0.05, 0) is 25.1 Å². The second-order valence-electron chi connectivity index (χ2n) is 5.43. The SMILES string of the molecule is Cn1cc(CNC(=O)[C@]2(C)Oc3ccc(Cl)cc3NC2=O)cn1. The van der Waals surface area contributed by atoms with E-state index in [1.165, 1.54) is 6.92 Å². The van der Waals surface area contributed by atoms with Gasteiger partial charge < -0.3 is 15.4 Å². The Bertz CT molecular complexity index is 789. The van der Waals surface area contributed by atoms with E-state index < -0.39 is 17.4 Å². The summed E-state index contributed by atoms with van der Waals surface area (Å²) in [4.78, 5) is 24.7. The van der Waals surface area contributed by atoms with Crippen LogP contribution in [0.3, 0.4) is 0 Å². The molecule has 1 aliphatic heterocycles. The van der Waals surface area contributed by atoms with Crippen molar-refractivity contribution < 1.29 is 14.3 Å². The number of carbonyl (C=O) groups excluding carboxylic acids is 2. The van der Waals surface area contributed by atoms with Gasteiger partial charge in [0.15, 0.2) is 0 Å². The molecule has 1 aliphatic rings. The first-order valence-electron chi connectivity index (χ1n) is 6.94. The summed E-state index contributed by atoms with van der Waals surface area (Å²) in [5.41, 5.74) is -0.379. The number of aromatic nitrogens is 2. The summed E-state index contributed by atoms with van der Waals surface area (Å²) in [5, 5.41) is 9.83. The zero-order valence-corrected chi connectivity index (χ0v) is 13.3. The lowest BCUT2D eigenvalue weighted by Gasteiger charge is -2.33. The predicted molar refractivity (Wildman–Crippen MR) is 84.2 cm³/mol. The molecule has 7 nitrogen and oxygen atoms in total. The van der Waals surface area contributed by atoms with E-state index in [2.05, 4.69) is 15.7 Å². The standard InChI is InChI=1S/C15H15ClN4O3/c1-15(13(21)17-6-9-7-18-20(2)8-9)14(22)19-11-5-10(16)3-4-12(11)23-15/h3-5,7-8H,6H2,1-2H3,(H,17,21)(H,19,22)/t15-/m0/s1. The monoisotopic (exact) mass is 334 g/mol. The lowest BCUT2D eigenvalue weighted by molar-refractivity contribution is -0.146. The maximum Gasteiger partial charge on any atom is 0.278 e. The molecule has 23 heavy (non-hydrogen) atoms. The minimum atomic E-state index is -1.65. The van der Waals surface area contributed by atoms with Crippen LogP contribution in [0.4, 0.5) is 5.69 Å². The average molecular weight is 335 g/mol. The van der Waals surface area contributed by atoms with Crippen LogP contribution in [0.5, 0.6) is 5.75 Å². The van der Waals surface area contributed by atoms with Gasteiger partial charge in [0.1, 0.15) is 5.75 Å². The molecule has 0 saturated carbocycles. The molecule has 0 aliphatic carbocycles. The highest BCUT2D eigenvalue weighted by atomic mass is 35.5. The zero-order chi connectivity index (χ0) is 16.6. The van der Waals surface area contributed by atoms with Crippen molar-refractivity contribution in [2.24, 2.45) is 7.05 Å². The molecule has 2 N–H and O–H groups in total. The van der Waals surface area contributed by atoms with Crippen molar-refractivity contribution in [3.8, 4) is 5.75 Å². The van der Waals surface area contributed by atoms with E-state index in [0.29, 0.717) is 16.5 Å². The third-order valence-electron chi connectivity index (χ3n) is 3.58. The van der Waals surface area contributed by atoms with Gasteiger partial charge in [-0.1, -0.05) is 11.6 Å². The molecule has 0 radical (unpaired) electrons. The maximum absolute atomic E-state index is 12.4. The number of aryl methyl sites for hydroxylation is 1. The molecule has 2 aromatic rings. The fraction of sp³-hybridized carbons (Fsp3) is 0.267. The largest absolute Gasteiger partial charge is 0.466 e. The van der Waals surface area contributed by atoms with E-state index in [0.717, 1.165) is 5.56 Å². The molecule has 0 fully saturated rings. The van der Waals surface area contributed by atoms with Crippen LogP contribution in [0.15, 0.2) is 30.6 Å². The van der Waals surface area contributed by atoms with Crippen molar-refractivity contribution in [1.82, 2.24) is 15.1 Å². The molecule has 2 heterocycles. The number of carbonyl (C=O) groups is 2. The fourth-order valence-electron chi connectivity index (χ4n) is 2.26. The first-order chi connectivity index (χ1) is 10.9. The number of ether oxygens (including phenoxy) is 1. The molecule has 1 atom stereocenters. The van der Waals surface area contributed by atoms with E-state index in [1.54, 1.807) is 42.3 Å². The van der Waals surface area contributed by atoms with E-state index in [4.69, 9.17) is 16.3 Å². The van der Waals surface area contributed by atoms with Crippen molar-refractivity contribution in [1.29, 1.82) is 0 Å². The molecule has 1 aromatic heterocycles. The van der Waals surface area contributed by atoms with E-state index >= 15 is 0 Å². The number of halogens is 1. The van der Waals surface area contributed by atoms with Crippen LogP contribution in [0, 0.1) is 0 Å². The third-order valence-corrected chi connectivity index (χ3v) is 3.82. The Labute approximate surface area is 137 Å². The highest BCUT2D eigenvalue weighted by Crippen LogP contribution is 2.35. The molecular formula is C15H15ClN4O3. The molecule has 3 rings (SSSR count). The highest BCUT2D eigenvalue weighted by molar-refractivity contribution is 6.31. The Kier molecular flexibility index (Phi) is 3.73. The van der Waals surface area contributed by atoms with Crippen LogP contribution in [0.25, 0.3) is 0 Å². The first kappa shape index (κ1) is 15.4. The van der Waals surface area contributed by atoms with Crippen LogP contribution >= 0.6 is 11.6 Å². The van der Waals surface area contributed by atoms with Crippen LogP contribution in [-0.2, 0) is 23.2 Å². The summed E-state index contributed by atoms with van der Waals surface area (Å²) >= 11 is 5.88. The second kappa shape index (κ2) is 5.58. The predicted octanol–water partition coefficient (Wildman–Crippen LogP) is 1.48. The number of hydrogen-bond donors (Lipinski definition) is 2. The number of benzene rings is 1. The van der Waals surface area contributed by atoms with E-state index in [1.807, 2.05) is 0 Å². The van der Waals surface area contributed by atoms with Gasteiger partial charge >= 0.3 is 0 Å². The third kappa shape index (κ3) is 2.87. The van der Waals surface area contributed by atoms with Gasteiger partial charge in [-0.3, -0.25) is 14.3 Å². The average Bonchev–Trinajstić information content (AvgIpc) is 2.92. The van der Waals surface area contributed by atoms with Crippen molar-refractivity contribution in [2.45, 2.75) is 19.1 Å². The van der Waals surface area contributed by atoms with Gasteiger partial charge in [0, 0.05) is 30.4 Å². The fourth-order valence-corrected chi connectivity index (χ4v) is 2.43. The zero-order valence-electron chi connectivity index (χ0n) is 12.6. The molecule has 0 unspecified atom stereocenters. The molecule has 0 saturated heterocycles. The second-order valence-corrected chi connectivity index (χ2v) is 5.87. The first-order valence-corrected chi connectivity index (χ1v) is 7.32. The van der Waals surface area contributed by atoms with Crippen LogP contribution in [-0.4, -0.2) is 27.2 Å². The summed E-state index contributed by atoms with van der Waals surface area (Å²) in [5.74, 6) is -0.677. The normalized spacial score (nSPS) is 19.5. The Balaban J connectivity index is 1.76. The Morgan fingerprint density at radius 2 is 2.30 bits per heavy atom. The lowest BCUT2D eigenvalue weighted by atomic mass is 10.0. The number of amides is 2. The Morgan fingerprint density at radius 3 is 3.00 bits per heavy atom.